The maximum absolute atomic E-state index is 12.3. The summed E-state index contributed by atoms with van der Waals surface area (Å²) in [5.41, 5.74) is 0. The molecule has 1 unspecified atom stereocenters. The van der Waals surface area contributed by atoms with Crippen molar-refractivity contribution in [1.82, 2.24) is 5.32 Å². The van der Waals surface area contributed by atoms with Gasteiger partial charge in [0.15, 0.2) is 0 Å². The van der Waals surface area contributed by atoms with Gasteiger partial charge in [-0.15, -0.1) is 0 Å². The highest BCUT2D eigenvalue weighted by molar-refractivity contribution is 5.82. The van der Waals surface area contributed by atoms with Gasteiger partial charge in [-0.2, -0.15) is 13.2 Å². The Kier molecular flexibility index (Phi) is 6.29. The zero-order chi connectivity index (χ0) is 15.2. The van der Waals surface area contributed by atoms with E-state index in [1.165, 1.54) is 0 Å². The average Bonchev–Trinajstić information content (AvgIpc) is 2.36. The molecule has 1 atom stereocenters. The third-order valence-electron chi connectivity index (χ3n) is 3.64. The van der Waals surface area contributed by atoms with Crippen molar-refractivity contribution in [1.29, 1.82) is 0 Å². The monoisotopic (exact) mass is 295 g/mol. The molecule has 1 rings (SSSR count). The molecule has 4 nitrogen and oxygen atoms in total. The van der Waals surface area contributed by atoms with Crippen LogP contribution in [-0.2, 0) is 9.59 Å². The summed E-state index contributed by atoms with van der Waals surface area (Å²) < 4.78 is 36.8. The normalized spacial score (nSPS) is 18.6. The number of amides is 1. The van der Waals surface area contributed by atoms with Gasteiger partial charge in [0.25, 0.3) is 0 Å². The van der Waals surface area contributed by atoms with E-state index in [1.807, 2.05) is 5.32 Å². The van der Waals surface area contributed by atoms with Crippen LogP contribution in [0.2, 0.25) is 0 Å². The van der Waals surface area contributed by atoms with E-state index in [1.54, 1.807) is 0 Å². The Balaban J connectivity index is 2.54. The molecule has 1 fully saturated rings. The first kappa shape index (κ1) is 16.8. The SMILES string of the molecule is O=C(O)CCC(CC1CCCCC1)NC(=O)C(F)(F)F. The predicted octanol–water partition coefficient (Wildman–Crippen LogP) is 2.87. The van der Waals surface area contributed by atoms with Gasteiger partial charge in [0.05, 0.1) is 0 Å². The molecule has 20 heavy (non-hydrogen) atoms. The van der Waals surface area contributed by atoms with E-state index >= 15 is 0 Å². The van der Waals surface area contributed by atoms with Gasteiger partial charge in [-0.3, -0.25) is 9.59 Å². The Morgan fingerprint density at radius 3 is 2.30 bits per heavy atom. The third kappa shape index (κ3) is 6.25. The van der Waals surface area contributed by atoms with Crippen molar-refractivity contribution in [2.45, 2.75) is 63.6 Å². The lowest BCUT2D eigenvalue weighted by atomic mass is 9.84. The summed E-state index contributed by atoms with van der Waals surface area (Å²) in [5.74, 6) is -2.78. The Morgan fingerprint density at radius 2 is 1.80 bits per heavy atom. The molecule has 2 N–H and O–H groups in total. The fourth-order valence-electron chi connectivity index (χ4n) is 2.64. The van der Waals surface area contributed by atoms with Gasteiger partial charge in [0.2, 0.25) is 0 Å². The first-order valence-corrected chi connectivity index (χ1v) is 6.88. The zero-order valence-corrected chi connectivity index (χ0v) is 11.2. The number of alkyl halides is 3. The number of carboxylic acids is 1. The number of aliphatic carboxylic acids is 1. The molecular weight excluding hydrogens is 275 g/mol. The molecule has 0 aromatic rings. The van der Waals surface area contributed by atoms with Crippen molar-refractivity contribution < 1.29 is 27.9 Å². The highest BCUT2D eigenvalue weighted by atomic mass is 19.4. The number of nitrogens with one attached hydrogen (secondary N) is 1. The van der Waals surface area contributed by atoms with Crippen LogP contribution in [-0.4, -0.2) is 29.2 Å². The van der Waals surface area contributed by atoms with Crippen LogP contribution in [0, 0.1) is 5.92 Å². The van der Waals surface area contributed by atoms with E-state index in [0.29, 0.717) is 6.42 Å². The highest BCUT2D eigenvalue weighted by Gasteiger charge is 2.39. The topological polar surface area (TPSA) is 66.4 Å². The average molecular weight is 295 g/mol. The Labute approximate surface area is 115 Å². The molecule has 1 amide bonds. The van der Waals surface area contributed by atoms with Crippen LogP contribution < -0.4 is 5.32 Å². The molecule has 0 aromatic carbocycles. The zero-order valence-electron chi connectivity index (χ0n) is 11.2. The smallest absolute Gasteiger partial charge is 0.471 e. The van der Waals surface area contributed by atoms with Gasteiger partial charge in [-0.05, 0) is 18.8 Å². The molecule has 1 aliphatic rings. The van der Waals surface area contributed by atoms with Crippen LogP contribution in [0.25, 0.3) is 0 Å². The number of hydrogen-bond donors (Lipinski definition) is 2. The van der Waals surface area contributed by atoms with Crippen molar-refractivity contribution in [2.75, 3.05) is 0 Å². The van der Waals surface area contributed by atoms with E-state index in [2.05, 4.69) is 0 Å². The molecule has 0 spiro atoms. The maximum atomic E-state index is 12.3. The molecule has 0 radical (unpaired) electrons. The molecule has 0 aliphatic heterocycles. The van der Waals surface area contributed by atoms with Crippen LogP contribution in [0.3, 0.4) is 0 Å². The van der Waals surface area contributed by atoms with Crippen LogP contribution in [0.15, 0.2) is 0 Å². The van der Waals surface area contributed by atoms with E-state index in [4.69, 9.17) is 5.11 Å². The van der Waals surface area contributed by atoms with Gasteiger partial charge in [-0.1, -0.05) is 32.1 Å². The lowest BCUT2D eigenvalue weighted by Crippen LogP contribution is -2.44. The summed E-state index contributed by atoms with van der Waals surface area (Å²) in [6.07, 6.45) is 0.390. The van der Waals surface area contributed by atoms with Crippen molar-refractivity contribution >= 4 is 11.9 Å². The molecule has 0 saturated heterocycles. The Bertz CT molecular complexity index is 338. The van der Waals surface area contributed by atoms with Crippen LogP contribution in [0.4, 0.5) is 13.2 Å². The number of halogens is 3. The van der Waals surface area contributed by atoms with Crippen molar-refractivity contribution in [3.05, 3.63) is 0 Å². The number of rotatable bonds is 6. The number of carboxylic acid groups (broad SMARTS) is 1. The summed E-state index contributed by atoms with van der Waals surface area (Å²) in [4.78, 5) is 21.5. The second kappa shape index (κ2) is 7.50. The van der Waals surface area contributed by atoms with E-state index in [0.717, 1.165) is 32.1 Å². The van der Waals surface area contributed by atoms with Gasteiger partial charge >= 0.3 is 18.1 Å². The molecule has 1 aliphatic carbocycles. The molecule has 0 bridgehead atoms. The van der Waals surface area contributed by atoms with Gasteiger partial charge < -0.3 is 10.4 Å². The molecule has 0 aromatic heterocycles. The van der Waals surface area contributed by atoms with E-state index in [-0.39, 0.29) is 18.8 Å². The van der Waals surface area contributed by atoms with Crippen LogP contribution in [0.1, 0.15) is 51.4 Å². The first-order valence-electron chi connectivity index (χ1n) is 6.88. The van der Waals surface area contributed by atoms with Crippen LogP contribution in [0.5, 0.6) is 0 Å². The molecular formula is C13H20F3NO3. The lowest BCUT2D eigenvalue weighted by Gasteiger charge is -2.27. The fourth-order valence-corrected chi connectivity index (χ4v) is 2.64. The highest BCUT2D eigenvalue weighted by Crippen LogP contribution is 2.28. The largest absolute Gasteiger partial charge is 0.481 e. The summed E-state index contributed by atoms with van der Waals surface area (Å²) in [6.45, 7) is 0. The van der Waals surface area contributed by atoms with E-state index in [9.17, 15) is 22.8 Å². The second-order valence-electron chi connectivity index (χ2n) is 5.34. The number of hydrogen-bond acceptors (Lipinski definition) is 2. The van der Waals surface area contributed by atoms with Gasteiger partial charge in [0, 0.05) is 12.5 Å². The van der Waals surface area contributed by atoms with Crippen LogP contribution >= 0.6 is 0 Å². The summed E-state index contributed by atoms with van der Waals surface area (Å²) in [5, 5.41) is 10.6. The Hall–Kier alpha value is -1.27. The minimum absolute atomic E-state index is 0.0354. The molecule has 116 valence electrons. The minimum atomic E-state index is -4.92. The Morgan fingerprint density at radius 1 is 1.20 bits per heavy atom. The minimum Gasteiger partial charge on any atom is -0.481 e. The third-order valence-corrected chi connectivity index (χ3v) is 3.64. The second-order valence-corrected chi connectivity index (χ2v) is 5.34. The summed E-state index contributed by atoms with van der Waals surface area (Å²) >= 11 is 0. The van der Waals surface area contributed by atoms with Crippen molar-refractivity contribution in [3.8, 4) is 0 Å². The molecule has 1 saturated carbocycles. The number of carbonyl (C=O) groups is 2. The quantitative estimate of drug-likeness (QED) is 0.792. The van der Waals surface area contributed by atoms with Gasteiger partial charge in [-0.25, -0.2) is 0 Å². The summed E-state index contributed by atoms with van der Waals surface area (Å²) in [6, 6.07) is -0.719. The molecule has 7 heteroatoms. The van der Waals surface area contributed by atoms with Crippen molar-refractivity contribution in [2.24, 2.45) is 5.92 Å². The predicted molar refractivity (Wildman–Crippen MR) is 66.0 cm³/mol. The first-order chi connectivity index (χ1) is 9.29. The van der Waals surface area contributed by atoms with Gasteiger partial charge in [0.1, 0.15) is 0 Å². The summed E-state index contributed by atoms with van der Waals surface area (Å²) in [7, 11) is 0. The van der Waals surface area contributed by atoms with E-state index < -0.39 is 24.1 Å². The standard InChI is InChI=1S/C13H20F3NO3/c14-13(15,16)12(20)17-10(6-7-11(18)19)8-9-4-2-1-3-5-9/h9-10H,1-8H2,(H,17,20)(H,18,19). The molecule has 0 heterocycles. The maximum Gasteiger partial charge on any atom is 0.471 e. The fraction of sp³-hybridized carbons (Fsp3) is 0.846. The lowest BCUT2D eigenvalue weighted by molar-refractivity contribution is -0.174. The number of carbonyl (C=O) groups excluding carboxylic acids is 1. The van der Waals surface area contributed by atoms with Crippen molar-refractivity contribution in [3.63, 3.8) is 0 Å².